The Bertz CT molecular complexity index is 283. The average molecular weight is 210 g/mol. The van der Waals surface area contributed by atoms with Crippen molar-refractivity contribution in [3.8, 4) is 0 Å². The Morgan fingerprint density at radius 2 is 2.47 bits per heavy atom. The molecule has 1 heterocycles. The van der Waals surface area contributed by atoms with Gasteiger partial charge in [0.1, 0.15) is 5.76 Å². The van der Waals surface area contributed by atoms with Crippen molar-refractivity contribution in [2.75, 3.05) is 6.54 Å². The topological polar surface area (TPSA) is 68.3 Å². The normalized spacial score (nSPS) is 12.4. The second-order valence-electron chi connectivity index (χ2n) is 3.63. The van der Waals surface area contributed by atoms with Crippen LogP contribution in [0.15, 0.2) is 22.8 Å². The summed E-state index contributed by atoms with van der Waals surface area (Å²) >= 11 is 0. The predicted octanol–water partition coefficient (Wildman–Crippen LogP) is 1.07. The van der Waals surface area contributed by atoms with Gasteiger partial charge in [-0.25, -0.2) is 0 Å². The van der Waals surface area contributed by atoms with Gasteiger partial charge in [-0.1, -0.05) is 0 Å². The molecular formula is C11H18N2O2. The number of hydrogen-bond donors (Lipinski definition) is 2. The van der Waals surface area contributed by atoms with Crippen LogP contribution in [0.5, 0.6) is 0 Å². The smallest absolute Gasteiger partial charge is 0.221 e. The fourth-order valence-electron chi connectivity index (χ4n) is 1.36. The second kappa shape index (κ2) is 6.24. The van der Waals surface area contributed by atoms with Gasteiger partial charge in [0.05, 0.1) is 6.26 Å². The highest BCUT2D eigenvalue weighted by Crippen LogP contribution is 2.05. The summed E-state index contributed by atoms with van der Waals surface area (Å²) < 4.78 is 5.20. The Balaban J connectivity index is 2.18. The van der Waals surface area contributed by atoms with E-state index in [1.54, 1.807) is 6.26 Å². The molecule has 84 valence electrons. The van der Waals surface area contributed by atoms with Crippen LogP contribution in [0.3, 0.4) is 0 Å². The van der Waals surface area contributed by atoms with Gasteiger partial charge < -0.3 is 15.5 Å². The number of nitrogens with one attached hydrogen (secondary N) is 1. The molecule has 3 N–H and O–H groups in total. The van der Waals surface area contributed by atoms with Gasteiger partial charge in [0.2, 0.25) is 5.91 Å². The third-order valence-electron chi connectivity index (χ3n) is 2.18. The molecule has 0 saturated heterocycles. The molecule has 0 aliphatic rings. The fraction of sp³-hybridized carbons (Fsp3) is 0.545. The first-order valence-corrected chi connectivity index (χ1v) is 5.24. The van der Waals surface area contributed by atoms with Crippen LogP contribution in [-0.4, -0.2) is 18.5 Å². The first-order valence-electron chi connectivity index (χ1n) is 5.24. The van der Waals surface area contributed by atoms with Gasteiger partial charge >= 0.3 is 0 Å². The zero-order valence-electron chi connectivity index (χ0n) is 9.03. The molecule has 1 atom stereocenters. The third kappa shape index (κ3) is 4.65. The van der Waals surface area contributed by atoms with Crippen LogP contribution in [0.1, 0.15) is 25.5 Å². The van der Waals surface area contributed by atoms with E-state index >= 15 is 0 Å². The van der Waals surface area contributed by atoms with Crippen LogP contribution in [0, 0.1) is 0 Å². The molecule has 0 aromatic carbocycles. The summed E-state index contributed by atoms with van der Waals surface area (Å²) in [5, 5.41) is 2.88. The Labute approximate surface area is 89.8 Å². The van der Waals surface area contributed by atoms with Crippen molar-refractivity contribution in [2.45, 2.75) is 32.2 Å². The molecule has 0 bridgehead atoms. The molecule has 1 aromatic heterocycles. The van der Waals surface area contributed by atoms with Crippen molar-refractivity contribution in [3.63, 3.8) is 0 Å². The highest BCUT2D eigenvalue weighted by atomic mass is 16.3. The number of nitrogens with two attached hydrogens (primary N) is 1. The lowest BCUT2D eigenvalue weighted by atomic mass is 10.1. The van der Waals surface area contributed by atoms with Crippen LogP contribution in [0.2, 0.25) is 0 Å². The number of furan rings is 1. The maximum Gasteiger partial charge on any atom is 0.221 e. The van der Waals surface area contributed by atoms with Gasteiger partial charge in [0, 0.05) is 25.4 Å². The summed E-state index contributed by atoms with van der Waals surface area (Å²) in [5.74, 6) is 0.972. The number of rotatable bonds is 6. The standard InChI is InChI=1S/C11H18N2O2/c1-9(13-11(14)6-7-12)4-5-10-3-2-8-15-10/h2-3,8-9H,4-7,12H2,1H3,(H,13,14). The van der Waals surface area contributed by atoms with E-state index in [1.165, 1.54) is 0 Å². The lowest BCUT2D eigenvalue weighted by Gasteiger charge is -2.12. The van der Waals surface area contributed by atoms with E-state index in [9.17, 15) is 4.79 Å². The van der Waals surface area contributed by atoms with Gasteiger partial charge in [-0.2, -0.15) is 0 Å². The van der Waals surface area contributed by atoms with Crippen molar-refractivity contribution in [3.05, 3.63) is 24.2 Å². The summed E-state index contributed by atoms with van der Waals surface area (Å²) in [6.07, 6.45) is 3.78. The SMILES string of the molecule is CC(CCc1ccco1)NC(=O)CCN. The number of hydrogen-bond acceptors (Lipinski definition) is 3. The second-order valence-corrected chi connectivity index (χ2v) is 3.63. The molecule has 4 heteroatoms. The molecule has 1 unspecified atom stereocenters. The molecule has 1 rings (SSSR count). The fourth-order valence-corrected chi connectivity index (χ4v) is 1.36. The molecular weight excluding hydrogens is 192 g/mol. The zero-order valence-corrected chi connectivity index (χ0v) is 9.03. The molecule has 0 saturated carbocycles. The van der Waals surface area contributed by atoms with Crippen molar-refractivity contribution in [2.24, 2.45) is 5.73 Å². The van der Waals surface area contributed by atoms with Gasteiger partial charge in [-0.05, 0) is 25.5 Å². The monoisotopic (exact) mass is 210 g/mol. The Morgan fingerprint density at radius 3 is 3.07 bits per heavy atom. The first kappa shape index (κ1) is 11.8. The highest BCUT2D eigenvalue weighted by Gasteiger charge is 2.07. The molecule has 0 radical (unpaired) electrons. The van der Waals surface area contributed by atoms with Crippen molar-refractivity contribution in [1.82, 2.24) is 5.32 Å². The third-order valence-corrected chi connectivity index (χ3v) is 2.18. The maximum atomic E-state index is 11.2. The van der Waals surface area contributed by atoms with Gasteiger partial charge in [-0.3, -0.25) is 4.79 Å². The number of amides is 1. The number of aryl methyl sites for hydroxylation is 1. The molecule has 0 fully saturated rings. The lowest BCUT2D eigenvalue weighted by molar-refractivity contribution is -0.121. The summed E-state index contributed by atoms with van der Waals surface area (Å²) in [7, 11) is 0. The molecule has 1 amide bonds. The molecule has 1 aromatic rings. The van der Waals surface area contributed by atoms with E-state index in [4.69, 9.17) is 10.2 Å². The lowest BCUT2D eigenvalue weighted by Crippen LogP contribution is -2.33. The summed E-state index contributed by atoms with van der Waals surface area (Å²) in [4.78, 5) is 11.2. The Kier molecular flexibility index (Phi) is 4.90. The molecule has 4 nitrogen and oxygen atoms in total. The minimum atomic E-state index is 0.0180. The van der Waals surface area contributed by atoms with Gasteiger partial charge in [0.15, 0.2) is 0 Å². The average Bonchev–Trinajstić information content (AvgIpc) is 2.67. The number of carbonyl (C=O) groups is 1. The van der Waals surface area contributed by atoms with Crippen LogP contribution in [-0.2, 0) is 11.2 Å². The van der Waals surface area contributed by atoms with Crippen LogP contribution in [0.4, 0.5) is 0 Å². The quantitative estimate of drug-likeness (QED) is 0.737. The van der Waals surface area contributed by atoms with E-state index < -0.39 is 0 Å². The van der Waals surface area contributed by atoms with E-state index in [0.717, 1.165) is 18.6 Å². The first-order chi connectivity index (χ1) is 7.22. The minimum absolute atomic E-state index is 0.0180. The van der Waals surface area contributed by atoms with Gasteiger partial charge in [0.25, 0.3) is 0 Å². The molecule has 0 aliphatic carbocycles. The summed E-state index contributed by atoms with van der Waals surface area (Å²) in [6, 6.07) is 3.97. The predicted molar refractivity (Wildman–Crippen MR) is 58.3 cm³/mol. The largest absolute Gasteiger partial charge is 0.469 e. The Morgan fingerprint density at radius 1 is 1.67 bits per heavy atom. The summed E-state index contributed by atoms with van der Waals surface area (Å²) in [5.41, 5.74) is 5.28. The van der Waals surface area contributed by atoms with E-state index in [2.05, 4.69) is 5.32 Å². The van der Waals surface area contributed by atoms with Crippen LogP contribution < -0.4 is 11.1 Å². The molecule has 0 aliphatic heterocycles. The minimum Gasteiger partial charge on any atom is -0.469 e. The maximum absolute atomic E-state index is 11.2. The zero-order chi connectivity index (χ0) is 11.1. The highest BCUT2D eigenvalue weighted by molar-refractivity contribution is 5.76. The van der Waals surface area contributed by atoms with Crippen molar-refractivity contribution < 1.29 is 9.21 Å². The van der Waals surface area contributed by atoms with Crippen LogP contribution >= 0.6 is 0 Å². The van der Waals surface area contributed by atoms with E-state index in [1.807, 2.05) is 19.1 Å². The van der Waals surface area contributed by atoms with Crippen molar-refractivity contribution >= 4 is 5.91 Å². The van der Waals surface area contributed by atoms with E-state index in [0.29, 0.717) is 13.0 Å². The Hall–Kier alpha value is -1.29. The molecule has 15 heavy (non-hydrogen) atoms. The van der Waals surface area contributed by atoms with Crippen molar-refractivity contribution in [1.29, 1.82) is 0 Å². The molecule has 0 spiro atoms. The van der Waals surface area contributed by atoms with Gasteiger partial charge in [-0.15, -0.1) is 0 Å². The van der Waals surface area contributed by atoms with Crippen LogP contribution in [0.25, 0.3) is 0 Å². The van der Waals surface area contributed by atoms with E-state index in [-0.39, 0.29) is 11.9 Å². The summed E-state index contributed by atoms with van der Waals surface area (Å²) in [6.45, 7) is 2.38. The number of carbonyl (C=O) groups excluding carboxylic acids is 1.